The van der Waals surface area contributed by atoms with Crippen LogP contribution in [-0.4, -0.2) is 5.88 Å². The largest absolute Gasteiger partial charge is 0.417 e. The van der Waals surface area contributed by atoms with Crippen LogP contribution in [0.2, 0.25) is 0 Å². The third-order valence-electron chi connectivity index (χ3n) is 1.83. The molecule has 0 fully saturated rings. The van der Waals surface area contributed by atoms with Gasteiger partial charge in [0.2, 0.25) is 0 Å². The van der Waals surface area contributed by atoms with Gasteiger partial charge in [-0.05, 0) is 23.3 Å². The summed E-state index contributed by atoms with van der Waals surface area (Å²) in [6.45, 7) is 3.39. The van der Waals surface area contributed by atoms with Crippen molar-refractivity contribution in [3.8, 4) is 0 Å². The minimum Gasteiger partial charge on any atom is -0.207 e. The van der Waals surface area contributed by atoms with Gasteiger partial charge in [0, 0.05) is 5.88 Å². The van der Waals surface area contributed by atoms with Crippen molar-refractivity contribution in [3.63, 3.8) is 0 Å². The standard InChI is InChI=1S/C10H7ClF4/c1-6(5-11)8-3-2-7(12)4-9(8)10(13,14)15/h2-4H,1,5H2. The van der Waals surface area contributed by atoms with Crippen molar-refractivity contribution in [2.45, 2.75) is 6.18 Å². The maximum Gasteiger partial charge on any atom is 0.417 e. The molecular weight excluding hydrogens is 232 g/mol. The lowest BCUT2D eigenvalue weighted by molar-refractivity contribution is -0.137. The number of benzene rings is 1. The van der Waals surface area contributed by atoms with Crippen LogP contribution in [-0.2, 0) is 6.18 Å². The Bertz CT molecular complexity index is 381. The first-order valence-corrected chi connectivity index (χ1v) is 4.50. The molecule has 0 aliphatic carbocycles. The summed E-state index contributed by atoms with van der Waals surface area (Å²) in [6.07, 6.45) is -4.60. The van der Waals surface area contributed by atoms with Gasteiger partial charge < -0.3 is 0 Å². The van der Waals surface area contributed by atoms with Crippen LogP contribution >= 0.6 is 11.6 Å². The molecule has 0 aromatic heterocycles. The van der Waals surface area contributed by atoms with E-state index in [-0.39, 0.29) is 17.0 Å². The third-order valence-corrected chi connectivity index (χ3v) is 2.15. The Labute approximate surface area is 89.2 Å². The monoisotopic (exact) mass is 238 g/mol. The van der Waals surface area contributed by atoms with Gasteiger partial charge in [-0.3, -0.25) is 0 Å². The molecule has 0 N–H and O–H groups in total. The topological polar surface area (TPSA) is 0 Å². The fraction of sp³-hybridized carbons (Fsp3) is 0.200. The van der Waals surface area contributed by atoms with Crippen molar-refractivity contribution in [3.05, 3.63) is 41.7 Å². The Morgan fingerprint density at radius 1 is 1.33 bits per heavy atom. The second-order valence-electron chi connectivity index (χ2n) is 2.92. The van der Waals surface area contributed by atoms with Gasteiger partial charge in [-0.2, -0.15) is 13.2 Å². The summed E-state index contributed by atoms with van der Waals surface area (Å²) < 4.78 is 50.1. The van der Waals surface area contributed by atoms with Crippen molar-refractivity contribution < 1.29 is 17.6 Å². The normalized spacial score (nSPS) is 11.5. The molecule has 5 heteroatoms. The van der Waals surface area contributed by atoms with Gasteiger partial charge in [-0.25, -0.2) is 4.39 Å². The number of hydrogen-bond donors (Lipinski definition) is 0. The van der Waals surface area contributed by atoms with Crippen LogP contribution in [0.25, 0.3) is 5.57 Å². The fourth-order valence-electron chi connectivity index (χ4n) is 1.13. The summed E-state index contributed by atoms with van der Waals surface area (Å²) in [5.41, 5.74) is -1.10. The van der Waals surface area contributed by atoms with E-state index in [1.54, 1.807) is 0 Å². The van der Waals surface area contributed by atoms with Gasteiger partial charge >= 0.3 is 6.18 Å². The van der Waals surface area contributed by atoms with Crippen LogP contribution in [0, 0.1) is 5.82 Å². The lowest BCUT2D eigenvalue weighted by Crippen LogP contribution is -2.09. The van der Waals surface area contributed by atoms with Crippen molar-refractivity contribution in [2.75, 3.05) is 5.88 Å². The average molecular weight is 239 g/mol. The molecule has 0 aliphatic heterocycles. The van der Waals surface area contributed by atoms with Crippen LogP contribution < -0.4 is 0 Å². The number of alkyl halides is 4. The van der Waals surface area contributed by atoms with E-state index in [1.165, 1.54) is 0 Å². The van der Waals surface area contributed by atoms with Crippen LogP contribution in [0.3, 0.4) is 0 Å². The minimum absolute atomic E-state index is 0.115. The van der Waals surface area contributed by atoms with E-state index in [1.807, 2.05) is 0 Å². The summed E-state index contributed by atoms with van der Waals surface area (Å²) in [7, 11) is 0. The zero-order valence-electron chi connectivity index (χ0n) is 7.54. The van der Waals surface area contributed by atoms with E-state index in [4.69, 9.17) is 11.6 Å². The molecule has 0 bridgehead atoms. The highest BCUT2D eigenvalue weighted by Crippen LogP contribution is 2.35. The van der Waals surface area contributed by atoms with E-state index < -0.39 is 17.6 Å². The Morgan fingerprint density at radius 3 is 2.40 bits per heavy atom. The molecule has 0 atom stereocenters. The summed E-state index contributed by atoms with van der Waals surface area (Å²) >= 11 is 5.39. The van der Waals surface area contributed by atoms with Gasteiger partial charge in [0.05, 0.1) is 5.56 Å². The number of hydrogen-bond acceptors (Lipinski definition) is 0. The molecule has 0 radical (unpaired) electrons. The predicted octanol–water partition coefficient (Wildman–Crippen LogP) is 4.10. The maximum absolute atomic E-state index is 12.7. The molecule has 0 aliphatic rings. The molecule has 82 valence electrons. The highest BCUT2D eigenvalue weighted by Gasteiger charge is 2.34. The predicted molar refractivity (Wildman–Crippen MR) is 51.2 cm³/mol. The third kappa shape index (κ3) is 2.72. The van der Waals surface area contributed by atoms with Gasteiger partial charge in [0.15, 0.2) is 0 Å². The van der Waals surface area contributed by atoms with Crippen molar-refractivity contribution >= 4 is 17.2 Å². The summed E-state index contributed by atoms with van der Waals surface area (Å²) in [4.78, 5) is 0. The SMILES string of the molecule is C=C(CCl)c1ccc(F)cc1C(F)(F)F. The van der Waals surface area contributed by atoms with Crippen molar-refractivity contribution in [2.24, 2.45) is 0 Å². The Balaban J connectivity index is 3.33. The molecule has 15 heavy (non-hydrogen) atoms. The zero-order chi connectivity index (χ0) is 11.6. The van der Waals surface area contributed by atoms with E-state index in [0.29, 0.717) is 6.07 Å². The second kappa shape index (κ2) is 4.23. The molecule has 1 aromatic carbocycles. The first kappa shape index (κ1) is 12.0. The quantitative estimate of drug-likeness (QED) is 0.538. The van der Waals surface area contributed by atoms with Gasteiger partial charge in [0.1, 0.15) is 5.82 Å². The Kier molecular flexibility index (Phi) is 3.39. The molecule has 1 rings (SSSR count). The number of rotatable bonds is 2. The van der Waals surface area contributed by atoms with E-state index in [2.05, 4.69) is 6.58 Å². The summed E-state index contributed by atoms with van der Waals surface area (Å²) in [5, 5.41) is 0. The molecule has 0 unspecified atom stereocenters. The Morgan fingerprint density at radius 2 is 1.93 bits per heavy atom. The van der Waals surface area contributed by atoms with Crippen LogP contribution in [0.15, 0.2) is 24.8 Å². The highest BCUT2D eigenvalue weighted by atomic mass is 35.5. The fourth-order valence-corrected chi connectivity index (χ4v) is 1.28. The molecule has 0 saturated carbocycles. The van der Waals surface area contributed by atoms with Crippen LogP contribution in [0.4, 0.5) is 17.6 Å². The summed E-state index contributed by atoms with van der Waals surface area (Å²) in [6, 6.07) is 2.41. The zero-order valence-corrected chi connectivity index (χ0v) is 8.29. The van der Waals surface area contributed by atoms with Gasteiger partial charge in [-0.15, -0.1) is 11.6 Å². The molecule has 1 aromatic rings. The van der Waals surface area contributed by atoms with Crippen molar-refractivity contribution in [1.82, 2.24) is 0 Å². The maximum atomic E-state index is 12.7. The Hall–Kier alpha value is -1.03. The van der Waals surface area contributed by atoms with E-state index >= 15 is 0 Å². The summed E-state index contributed by atoms with van der Waals surface area (Å²) in [5.74, 6) is -1.07. The molecule has 0 heterocycles. The minimum atomic E-state index is -4.60. The number of allylic oxidation sites excluding steroid dienone is 1. The smallest absolute Gasteiger partial charge is 0.207 e. The second-order valence-corrected chi connectivity index (χ2v) is 3.19. The van der Waals surface area contributed by atoms with Crippen LogP contribution in [0.1, 0.15) is 11.1 Å². The van der Waals surface area contributed by atoms with Crippen molar-refractivity contribution in [1.29, 1.82) is 0 Å². The molecule has 0 saturated heterocycles. The lowest BCUT2D eigenvalue weighted by atomic mass is 10.0. The molecular formula is C10H7ClF4. The van der Waals surface area contributed by atoms with Crippen LogP contribution in [0.5, 0.6) is 0 Å². The first-order chi connectivity index (χ1) is 6.86. The van der Waals surface area contributed by atoms with E-state index in [0.717, 1.165) is 12.1 Å². The first-order valence-electron chi connectivity index (χ1n) is 3.97. The van der Waals surface area contributed by atoms with Gasteiger partial charge in [-0.1, -0.05) is 12.6 Å². The highest BCUT2D eigenvalue weighted by molar-refractivity contribution is 6.23. The van der Waals surface area contributed by atoms with Gasteiger partial charge in [0.25, 0.3) is 0 Å². The lowest BCUT2D eigenvalue weighted by Gasteiger charge is -2.13. The molecule has 0 amide bonds. The number of halogens is 5. The average Bonchev–Trinajstić information content (AvgIpc) is 2.15. The molecule has 0 spiro atoms. The van der Waals surface area contributed by atoms with E-state index in [9.17, 15) is 17.6 Å². The molecule has 0 nitrogen and oxygen atoms in total.